The Morgan fingerprint density at radius 2 is 0.690 bits per heavy atom. The SMILES string of the molecule is Nc1ccccc1Nc1ccc(Nc2ccc(Nc3ccccc3N)cc2)cc1. The van der Waals surface area contributed by atoms with Gasteiger partial charge in [-0.15, -0.1) is 0 Å². The Hall–Kier alpha value is -4.12. The highest BCUT2D eigenvalue weighted by Gasteiger charge is 2.01. The number of nitrogens with one attached hydrogen (secondary N) is 3. The van der Waals surface area contributed by atoms with Gasteiger partial charge in [-0.2, -0.15) is 0 Å². The van der Waals surface area contributed by atoms with E-state index in [4.69, 9.17) is 11.5 Å². The largest absolute Gasteiger partial charge is 0.397 e. The minimum Gasteiger partial charge on any atom is -0.397 e. The number of hydrogen-bond acceptors (Lipinski definition) is 5. The lowest BCUT2D eigenvalue weighted by molar-refractivity contribution is 1.50. The smallest absolute Gasteiger partial charge is 0.0617 e. The summed E-state index contributed by atoms with van der Waals surface area (Å²) >= 11 is 0. The second-order valence-electron chi connectivity index (χ2n) is 6.70. The average Bonchev–Trinajstić information content (AvgIpc) is 2.74. The van der Waals surface area contributed by atoms with Crippen LogP contribution in [0.4, 0.5) is 45.5 Å². The van der Waals surface area contributed by atoms with Gasteiger partial charge < -0.3 is 27.4 Å². The van der Waals surface area contributed by atoms with Crippen LogP contribution in [0, 0.1) is 0 Å². The van der Waals surface area contributed by atoms with E-state index in [9.17, 15) is 0 Å². The summed E-state index contributed by atoms with van der Waals surface area (Å²) in [7, 11) is 0. The van der Waals surface area contributed by atoms with Gasteiger partial charge in [0, 0.05) is 22.7 Å². The van der Waals surface area contributed by atoms with E-state index >= 15 is 0 Å². The lowest BCUT2D eigenvalue weighted by atomic mass is 10.2. The summed E-state index contributed by atoms with van der Waals surface area (Å²) < 4.78 is 0. The summed E-state index contributed by atoms with van der Waals surface area (Å²) in [5, 5.41) is 10.1. The van der Waals surface area contributed by atoms with E-state index < -0.39 is 0 Å². The zero-order valence-corrected chi connectivity index (χ0v) is 15.9. The van der Waals surface area contributed by atoms with Crippen molar-refractivity contribution in [3.05, 3.63) is 97.1 Å². The fourth-order valence-electron chi connectivity index (χ4n) is 2.97. The summed E-state index contributed by atoms with van der Waals surface area (Å²) in [5.41, 5.74) is 19.2. The van der Waals surface area contributed by atoms with Gasteiger partial charge in [0.15, 0.2) is 0 Å². The van der Waals surface area contributed by atoms with E-state index in [1.807, 2.05) is 97.1 Å². The van der Waals surface area contributed by atoms with Gasteiger partial charge in [0.2, 0.25) is 0 Å². The van der Waals surface area contributed by atoms with Crippen LogP contribution in [0.25, 0.3) is 0 Å². The van der Waals surface area contributed by atoms with Crippen LogP contribution in [0.5, 0.6) is 0 Å². The Balaban J connectivity index is 1.39. The zero-order chi connectivity index (χ0) is 20.1. The molecule has 4 aromatic carbocycles. The Morgan fingerprint density at radius 3 is 1.03 bits per heavy atom. The van der Waals surface area contributed by atoms with Crippen molar-refractivity contribution in [3.63, 3.8) is 0 Å². The molecule has 4 aromatic rings. The summed E-state index contributed by atoms with van der Waals surface area (Å²) in [6, 6.07) is 31.6. The third kappa shape index (κ3) is 4.59. The fraction of sp³-hybridized carbons (Fsp3) is 0. The third-order valence-electron chi connectivity index (χ3n) is 4.54. The molecule has 144 valence electrons. The normalized spacial score (nSPS) is 10.3. The van der Waals surface area contributed by atoms with Gasteiger partial charge in [-0.1, -0.05) is 24.3 Å². The van der Waals surface area contributed by atoms with Crippen molar-refractivity contribution in [1.82, 2.24) is 0 Å². The van der Waals surface area contributed by atoms with Crippen molar-refractivity contribution in [2.45, 2.75) is 0 Å². The summed E-state index contributed by atoms with van der Waals surface area (Å²) in [4.78, 5) is 0. The van der Waals surface area contributed by atoms with Crippen molar-refractivity contribution in [2.24, 2.45) is 0 Å². The van der Waals surface area contributed by atoms with Crippen LogP contribution in [0.2, 0.25) is 0 Å². The average molecular weight is 381 g/mol. The molecule has 0 amide bonds. The molecule has 0 saturated carbocycles. The molecule has 7 N–H and O–H groups in total. The number of nitrogen functional groups attached to an aromatic ring is 2. The van der Waals surface area contributed by atoms with Crippen molar-refractivity contribution in [3.8, 4) is 0 Å². The minimum atomic E-state index is 0.723. The zero-order valence-electron chi connectivity index (χ0n) is 15.9. The Labute approximate surface area is 170 Å². The Bertz CT molecular complexity index is 1000. The molecule has 0 atom stereocenters. The summed E-state index contributed by atoms with van der Waals surface area (Å²) in [5.74, 6) is 0. The van der Waals surface area contributed by atoms with E-state index in [0.29, 0.717) is 0 Å². The van der Waals surface area contributed by atoms with Gasteiger partial charge in [0.1, 0.15) is 0 Å². The second-order valence-corrected chi connectivity index (χ2v) is 6.70. The lowest BCUT2D eigenvalue weighted by Gasteiger charge is -2.12. The fourth-order valence-corrected chi connectivity index (χ4v) is 2.97. The van der Waals surface area contributed by atoms with Crippen molar-refractivity contribution < 1.29 is 0 Å². The first-order valence-corrected chi connectivity index (χ1v) is 9.37. The molecule has 0 heterocycles. The predicted octanol–water partition coefficient (Wildman–Crippen LogP) is 6.08. The highest BCUT2D eigenvalue weighted by Crippen LogP contribution is 2.26. The van der Waals surface area contributed by atoms with Crippen molar-refractivity contribution >= 4 is 45.5 Å². The maximum atomic E-state index is 5.98. The number of benzene rings is 4. The predicted molar refractivity (Wildman–Crippen MR) is 124 cm³/mol. The lowest BCUT2D eigenvalue weighted by Crippen LogP contribution is -1.97. The van der Waals surface area contributed by atoms with Crippen LogP contribution in [0.1, 0.15) is 0 Å². The highest BCUT2D eigenvalue weighted by atomic mass is 14.9. The molecule has 0 aliphatic rings. The van der Waals surface area contributed by atoms with Crippen LogP contribution in [-0.4, -0.2) is 0 Å². The van der Waals surface area contributed by atoms with Gasteiger partial charge in [-0.3, -0.25) is 0 Å². The van der Waals surface area contributed by atoms with Crippen molar-refractivity contribution in [2.75, 3.05) is 27.4 Å². The molecule has 4 rings (SSSR count). The van der Waals surface area contributed by atoms with E-state index in [1.54, 1.807) is 0 Å². The van der Waals surface area contributed by atoms with Crippen LogP contribution in [0.3, 0.4) is 0 Å². The van der Waals surface area contributed by atoms with Crippen LogP contribution >= 0.6 is 0 Å². The maximum Gasteiger partial charge on any atom is 0.0617 e. The maximum absolute atomic E-state index is 5.98. The second kappa shape index (κ2) is 8.27. The van der Waals surface area contributed by atoms with Crippen molar-refractivity contribution in [1.29, 1.82) is 0 Å². The molecule has 0 bridgehead atoms. The topological polar surface area (TPSA) is 88.1 Å². The van der Waals surface area contributed by atoms with E-state index in [-0.39, 0.29) is 0 Å². The first-order chi connectivity index (χ1) is 14.2. The molecule has 5 nitrogen and oxygen atoms in total. The molecule has 0 radical (unpaired) electrons. The number of rotatable bonds is 6. The van der Waals surface area contributed by atoms with Crippen LogP contribution < -0.4 is 27.4 Å². The van der Waals surface area contributed by atoms with Gasteiger partial charge >= 0.3 is 0 Å². The Morgan fingerprint density at radius 1 is 0.379 bits per heavy atom. The summed E-state index contributed by atoms with van der Waals surface area (Å²) in [6.45, 7) is 0. The number of nitrogens with two attached hydrogens (primary N) is 2. The first-order valence-electron chi connectivity index (χ1n) is 9.37. The van der Waals surface area contributed by atoms with E-state index in [2.05, 4.69) is 16.0 Å². The Kier molecular flexibility index (Phi) is 5.21. The van der Waals surface area contributed by atoms with Gasteiger partial charge in [0.05, 0.1) is 22.7 Å². The monoisotopic (exact) mass is 381 g/mol. The quantitative estimate of drug-likeness (QED) is 0.261. The third-order valence-corrected chi connectivity index (χ3v) is 4.54. The molecular formula is C24H23N5. The highest BCUT2D eigenvalue weighted by molar-refractivity contribution is 5.75. The van der Waals surface area contributed by atoms with Gasteiger partial charge in [-0.25, -0.2) is 0 Å². The van der Waals surface area contributed by atoms with E-state index in [1.165, 1.54) is 0 Å². The molecule has 5 heteroatoms. The van der Waals surface area contributed by atoms with Crippen LogP contribution in [-0.2, 0) is 0 Å². The van der Waals surface area contributed by atoms with Crippen LogP contribution in [0.15, 0.2) is 97.1 Å². The van der Waals surface area contributed by atoms with Gasteiger partial charge in [-0.05, 0) is 72.8 Å². The number of para-hydroxylation sites is 4. The summed E-state index contributed by atoms with van der Waals surface area (Å²) in [6.07, 6.45) is 0. The molecule has 0 spiro atoms. The van der Waals surface area contributed by atoms with Gasteiger partial charge in [0.25, 0.3) is 0 Å². The molecule has 0 aliphatic carbocycles. The standard InChI is InChI=1S/C24H23N5/c25-21-5-1-3-7-23(21)28-19-13-9-17(10-14-19)27-18-11-15-20(16-12-18)29-24-8-4-2-6-22(24)26/h1-16,27-29H,25-26H2. The molecular weight excluding hydrogens is 358 g/mol. The molecule has 0 aromatic heterocycles. The molecule has 0 unspecified atom stereocenters. The molecule has 29 heavy (non-hydrogen) atoms. The molecule has 0 aliphatic heterocycles. The number of hydrogen-bond donors (Lipinski definition) is 5. The minimum absolute atomic E-state index is 0.723. The van der Waals surface area contributed by atoms with E-state index in [0.717, 1.165) is 45.5 Å². The number of anilines is 8. The molecule has 0 saturated heterocycles. The molecule has 0 fully saturated rings. The first kappa shape index (κ1) is 18.3.